The molecule has 2 aromatic heterocycles. The second-order valence-corrected chi connectivity index (χ2v) is 8.89. The Balaban J connectivity index is 0.000000618. The number of hydrogen-bond acceptors (Lipinski definition) is 6. The molecule has 11 nitrogen and oxygen atoms in total. The van der Waals surface area contributed by atoms with E-state index in [1.807, 2.05) is 29.6 Å². The molecule has 188 valence electrons. The van der Waals surface area contributed by atoms with Crippen LogP contribution in [0, 0.1) is 12.3 Å². The second kappa shape index (κ2) is 12.5. The number of rotatable bonds is 4. The van der Waals surface area contributed by atoms with Crippen LogP contribution in [-0.2, 0) is 34.5 Å². The molecule has 0 unspecified atom stereocenters. The predicted octanol–water partition coefficient (Wildman–Crippen LogP) is 2.30. The molecule has 12 heteroatoms. The van der Waals surface area contributed by atoms with Crippen LogP contribution in [0.4, 0.5) is 0 Å². The van der Waals surface area contributed by atoms with Gasteiger partial charge in [-0.2, -0.15) is 5.10 Å². The average molecular weight is 497 g/mol. The van der Waals surface area contributed by atoms with Crippen LogP contribution in [-0.4, -0.2) is 77.7 Å². The van der Waals surface area contributed by atoms with E-state index >= 15 is 0 Å². The Morgan fingerprint density at radius 3 is 2.35 bits per heavy atom. The highest BCUT2D eigenvalue weighted by molar-refractivity contribution is 6.31. The molecule has 3 N–H and O–H groups in total. The van der Waals surface area contributed by atoms with Crippen molar-refractivity contribution in [3.8, 4) is 0 Å². The zero-order valence-electron chi connectivity index (χ0n) is 19.8. The molecule has 4 rings (SSSR count). The van der Waals surface area contributed by atoms with Crippen molar-refractivity contribution in [1.82, 2.24) is 29.5 Å². The summed E-state index contributed by atoms with van der Waals surface area (Å²) in [5.41, 5.74) is 1.45. The van der Waals surface area contributed by atoms with Crippen molar-refractivity contribution in [3.63, 3.8) is 0 Å². The van der Waals surface area contributed by atoms with Crippen molar-refractivity contribution in [2.75, 3.05) is 13.1 Å². The SMILES string of the molecule is Cc1[nH]nc(CN2CCC[C@@]3(CCCN(Cc4nccn4C)C3=O)[C@@H]2C)c1Cl.O=CO.O=CO. The lowest BCUT2D eigenvalue weighted by Gasteiger charge is -2.51. The molecular weight excluding hydrogens is 464 g/mol. The number of aryl methyl sites for hydroxylation is 2. The third-order valence-corrected chi connectivity index (χ3v) is 7.23. The number of likely N-dealkylation sites (tertiary alicyclic amines) is 2. The van der Waals surface area contributed by atoms with Crippen LogP contribution in [0.5, 0.6) is 0 Å². The molecule has 0 bridgehead atoms. The summed E-state index contributed by atoms with van der Waals surface area (Å²) >= 11 is 6.39. The minimum absolute atomic E-state index is 0.158. The zero-order valence-corrected chi connectivity index (χ0v) is 20.5. The number of hydrogen-bond donors (Lipinski definition) is 3. The molecule has 1 spiro atoms. The van der Waals surface area contributed by atoms with Crippen molar-refractivity contribution >= 4 is 30.5 Å². The van der Waals surface area contributed by atoms with E-state index in [4.69, 9.17) is 31.4 Å². The Kier molecular flexibility index (Phi) is 10.1. The summed E-state index contributed by atoms with van der Waals surface area (Å²) in [6, 6.07) is 0.158. The molecule has 2 atom stereocenters. The Hall–Kier alpha value is -2.92. The van der Waals surface area contributed by atoms with Crippen LogP contribution >= 0.6 is 11.6 Å². The maximum Gasteiger partial charge on any atom is 0.290 e. The molecule has 0 aromatic carbocycles. The van der Waals surface area contributed by atoms with Crippen molar-refractivity contribution in [1.29, 1.82) is 0 Å². The Labute approximate surface area is 203 Å². The summed E-state index contributed by atoms with van der Waals surface area (Å²) in [5.74, 6) is 1.22. The quantitative estimate of drug-likeness (QED) is 0.547. The maximum absolute atomic E-state index is 13.6. The molecule has 0 saturated carbocycles. The van der Waals surface area contributed by atoms with Crippen LogP contribution in [0.1, 0.15) is 49.8 Å². The summed E-state index contributed by atoms with van der Waals surface area (Å²) in [6.07, 6.45) is 7.69. The van der Waals surface area contributed by atoms with Crippen LogP contribution in [0.3, 0.4) is 0 Å². The summed E-state index contributed by atoms with van der Waals surface area (Å²) < 4.78 is 1.99. The molecule has 2 aliphatic heterocycles. The largest absolute Gasteiger partial charge is 0.483 e. The molecule has 2 aliphatic rings. The highest BCUT2D eigenvalue weighted by Crippen LogP contribution is 2.45. The maximum atomic E-state index is 13.6. The number of carboxylic acid groups (broad SMARTS) is 2. The van der Waals surface area contributed by atoms with E-state index < -0.39 is 0 Å². The third kappa shape index (κ3) is 5.95. The topological polar surface area (TPSA) is 145 Å². The van der Waals surface area contributed by atoms with E-state index in [0.29, 0.717) is 18.1 Å². The van der Waals surface area contributed by atoms with Gasteiger partial charge in [-0.3, -0.25) is 24.4 Å². The van der Waals surface area contributed by atoms with Crippen molar-refractivity contribution in [2.24, 2.45) is 12.5 Å². The fourth-order valence-corrected chi connectivity index (χ4v) is 5.07. The number of amides is 1. The van der Waals surface area contributed by atoms with Crippen molar-refractivity contribution in [3.05, 3.63) is 34.6 Å². The van der Waals surface area contributed by atoms with Crippen molar-refractivity contribution < 1.29 is 24.6 Å². The van der Waals surface area contributed by atoms with Crippen LogP contribution in [0.15, 0.2) is 12.4 Å². The number of imidazole rings is 1. The van der Waals surface area contributed by atoms with E-state index in [2.05, 4.69) is 27.0 Å². The number of piperidine rings is 2. The standard InChI is InChI=1S/C20H29ClN6O.2CH2O2/c1-14-18(21)16(24-23-14)12-26-9-4-6-20(15(26)2)7-5-10-27(19(20)28)13-17-22-8-11-25(17)3;2*2-1-3/h8,11,15H,4-7,9-10,12-13H2,1-3H3,(H,23,24);2*1H,(H,2,3)/t15-,20+;;/m0../s1. The van der Waals surface area contributed by atoms with Gasteiger partial charge in [0.15, 0.2) is 0 Å². The number of nitrogens with zero attached hydrogens (tertiary/aromatic N) is 5. The minimum atomic E-state index is -0.320. The smallest absolute Gasteiger partial charge is 0.290 e. The highest BCUT2D eigenvalue weighted by atomic mass is 35.5. The van der Waals surface area contributed by atoms with Gasteiger partial charge in [-0.25, -0.2) is 4.98 Å². The minimum Gasteiger partial charge on any atom is -0.483 e. The van der Waals surface area contributed by atoms with E-state index in [1.165, 1.54) is 0 Å². The van der Waals surface area contributed by atoms with E-state index in [-0.39, 0.29) is 30.3 Å². The van der Waals surface area contributed by atoms with Crippen LogP contribution in [0.2, 0.25) is 5.02 Å². The number of aromatic amines is 1. The molecule has 2 saturated heterocycles. The molecule has 2 aromatic rings. The van der Waals surface area contributed by atoms with Gasteiger partial charge in [-0.15, -0.1) is 0 Å². The number of halogens is 1. The lowest BCUT2D eigenvalue weighted by Crippen LogP contribution is -2.60. The first-order valence-corrected chi connectivity index (χ1v) is 11.5. The Bertz CT molecular complexity index is 953. The van der Waals surface area contributed by atoms with E-state index in [1.54, 1.807) is 6.20 Å². The fraction of sp³-hybridized carbons (Fsp3) is 0.591. The number of carbonyl (C=O) groups is 3. The highest BCUT2D eigenvalue weighted by Gasteiger charge is 2.51. The zero-order chi connectivity index (χ0) is 25.3. The fourth-order valence-electron chi connectivity index (χ4n) is 4.93. The number of H-pyrrole nitrogens is 1. The number of carbonyl (C=O) groups excluding carboxylic acids is 1. The first kappa shape index (κ1) is 27.3. The van der Waals surface area contributed by atoms with Gasteiger partial charge >= 0.3 is 0 Å². The van der Waals surface area contributed by atoms with Gasteiger partial charge in [0.25, 0.3) is 12.9 Å². The molecule has 34 heavy (non-hydrogen) atoms. The Morgan fingerprint density at radius 2 is 1.82 bits per heavy atom. The van der Waals surface area contributed by atoms with Crippen LogP contribution < -0.4 is 0 Å². The summed E-state index contributed by atoms with van der Waals surface area (Å²) in [5, 5.41) is 21.8. The third-order valence-electron chi connectivity index (χ3n) is 6.73. The van der Waals surface area contributed by atoms with Gasteiger partial charge in [-0.05, 0) is 46.1 Å². The lowest BCUT2D eigenvalue weighted by molar-refractivity contribution is -0.156. The number of nitrogens with one attached hydrogen (secondary N) is 1. The second-order valence-electron chi connectivity index (χ2n) is 8.51. The van der Waals surface area contributed by atoms with Gasteiger partial charge in [0.05, 0.1) is 28.4 Å². The molecule has 0 radical (unpaired) electrons. The molecule has 0 aliphatic carbocycles. The molecular formula is C22H33ClN6O5. The van der Waals surface area contributed by atoms with Crippen LogP contribution in [0.25, 0.3) is 0 Å². The number of aromatic nitrogens is 4. The first-order valence-electron chi connectivity index (χ1n) is 11.1. The predicted molar refractivity (Wildman–Crippen MR) is 125 cm³/mol. The molecule has 4 heterocycles. The molecule has 2 fully saturated rings. The summed E-state index contributed by atoms with van der Waals surface area (Å²) in [7, 11) is 1.98. The van der Waals surface area contributed by atoms with Gasteiger partial charge in [-0.1, -0.05) is 11.6 Å². The van der Waals surface area contributed by atoms with Gasteiger partial charge in [0.2, 0.25) is 5.91 Å². The monoisotopic (exact) mass is 496 g/mol. The van der Waals surface area contributed by atoms with E-state index in [0.717, 1.165) is 56.0 Å². The lowest BCUT2D eigenvalue weighted by atomic mass is 9.67. The van der Waals surface area contributed by atoms with Gasteiger partial charge in [0, 0.05) is 38.6 Å². The van der Waals surface area contributed by atoms with Gasteiger partial charge < -0.3 is 19.7 Å². The normalized spacial score (nSPS) is 22.4. The van der Waals surface area contributed by atoms with Gasteiger partial charge in [0.1, 0.15) is 5.82 Å². The molecule has 1 amide bonds. The van der Waals surface area contributed by atoms with E-state index in [9.17, 15) is 4.79 Å². The van der Waals surface area contributed by atoms with Crippen molar-refractivity contribution in [2.45, 2.75) is 58.7 Å². The summed E-state index contributed by atoms with van der Waals surface area (Å²) in [4.78, 5) is 39.2. The Morgan fingerprint density at radius 1 is 1.21 bits per heavy atom. The average Bonchev–Trinajstić information content (AvgIpc) is 3.35. The summed E-state index contributed by atoms with van der Waals surface area (Å²) in [6.45, 7) is 6.68. The first-order chi connectivity index (χ1) is 16.2.